The topological polar surface area (TPSA) is 104 Å². The van der Waals surface area contributed by atoms with Gasteiger partial charge in [0.2, 0.25) is 0 Å². The van der Waals surface area contributed by atoms with Gasteiger partial charge in [-0.2, -0.15) is 5.26 Å². The van der Waals surface area contributed by atoms with Gasteiger partial charge in [0.15, 0.2) is 11.6 Å². The molecule has 3 heterocycles. The molecule has 8 nitrogen and oxygen atoms in total. The summed E-state index contributed by atoms with van der Waals surface area (Å²) in [5, 5.41) is 34.1. The summed E-state index contributed by atoms with van der Waals surface area (Å²) in [6.07, 6.45) is 1.99. The molecule has 1 spiro atoms. The molecule has 5 rings (SSSR count). The van der Waals surface area contributed by atoms with Gasteiger partial charge in [0.05, 0.1) is 42.1 Å². The molecule has 1 atom stereocenters. The van der Waals surface area contributed by atoms with Gasteiger partial charge in [-0.3, -0.25) is 0 Å². The van der Waals surface area contributed by atoms with Crippen LogP contribution in [0.15, 0.2) is 36.4 Å². The zero-order valence-corrected chi connectivity index (χ0v) is 19.7. The van der Waals surface area contributed by atoms with Crippen molar-refractivity contribution in [1.82, 2.24) is 10.2 Å². The highest BCUT2D eigenvalue weighted by atomic mass is 35.5. The predicted octanol–water partition coefficient (Wildman–Crippen LogP) is 3.90. The van der Waals surface area contributed by atoms with Crippen LogP contribution in [0.5, 0.6) is 5.75 Å². The molecule has 0 amide bonds. The molecule has 0 saturated carbocycles. The number of piperidine rings is 1. The third kappa shape index (κ3) is 4.34. The Morgan fingerprint density at radius 1 is 1.24 bits per heavy atom. The lowest BCUT2D eigenvalue weighted by Crippen LogP contribution is -2.44. The van der Waals surface area contributed by atoms with Crippen LogP contribution in [0, 0.1) is 11.3 Å². The molecule has 3 aromatic rings. The number of halogens is 1. The first kappa shape index (κ1) is 22.7. The highest BCUT2D eigenvalue weighted by molar-refractivity contribution is 6.32. The van der Waals surface area contributed by atoms with Crippen molar-refractivity contribution in [3.8, 4) is 11.8 Å². The average molecular weight is 480 g/mol. The molecule has 176 valence electrons. The maximum absolute atomic E-state index is 9.92. The summed E-state index contributed by atoms with van der Waals surface area (Å²) in [6.45, 7) is 2.45. The van der Waals surface area contributed by atoms with E-state index in [0.717, 1.165) is 48.1 Å². The fraction of sp³-hybridized carbons (Fsp3) is 0.400. The zero-order valence-electron chi connectivity index (χ0n) is 18.9. The number of anilines is 2. The number of ether oxygens (including phenoxy) is 2. The fourth-order valence-corrected chi connectivity index (χ4v) is 5.15. The summed E-state index contributed by atoms with van der Waals surface area (Å²) in [5.41, 5.74) is 1.31. The van der Waals surface area contributed by atoms with Gasteiger partial charge in [-0.25, -0.2) is 0 Å². The minimum Gasteiger partial charge on any atom is -0.495 e. The maximum Gasteiger partial charge on any atom is 0.159 e. The lowest BCUT2D eigenvalue weighted by Gasteiger charge is -2.39. The van der Waals surface area contributed by atoms with E-state index in [9.17, 15) is 10.4 Å². The fourth-order valence-electron chi connectivity index (χ4n) is 4.87. The maximum atomic E-state index is 9.92. The van der Waals surface area contributed by atoms with Crippen LogP contribution in [0.3, 0.4) is 0 Å². The van der Waals surface area contributed by atoms with Crippen molar-refractivity contribution in [2.24, 2.45) is 0 Å². The van der Waals surface area contributed by atoms with Gasteiger partial charge < -0.3 is 24.8 Å². The van der Waals surface area contributed by atoms with Crippen molar-refractivity contribution in [3.63, 3.8) is 0 Å². The Labute approximate surface area is 203 Å². The Bertz CT molecular complexity index is 1250. The van der Waals surface area contributed by atoms with Crippen LogP contribution in [0.4, 0.5) is 11.6 Å². The molecular weight excluding hydrogens is 454 g/mol. The molecule has 1 unspecified atom stereocenters. The third-order valence-corrected chi connectivity index (χ3v) is 7.02. The number of aromatic nitrogens is 2. The number of fused-ring (bicyclic) bond motifs is 1. The molecule has 0 radical (unpaired) electrons. The van der Waals surface area contributed by atoms with E-state index in [4.69, 9.17) is 21.1 Å². The van der Waals surface area contributed by atoms with Crippen LogP contribution < -0.4 is 15.0 Å². The second-order valence-electron chi connectivity index (χ2n) is 8.91. The van der Waals surface area contributed by atoms with Gasteiger partial charge in [-0.15, -0.1) is 10.2 Å². The van der Waals surface area contributed by atoms with E-state index >= 15 is 0 Å². The number of benzene rings is 2. The van der Waals surface area contributed by atoms with Crippen molar-refractivity contribution in [3.05, 3.63) is 52.5 Å². The smallest absolute Gasteiger partial charge is 0.159 e. The minimum absolute atomic E-state index is 0.228. The molecule has 0 bridgehead atoms. The van der Waals surface area contributed by atoms with Crippen molar-refractivity contribution in [2.75, 3.05) is 37.0 Å². The Morgan fingerprint density at radius 3 is 2.74 bits per heavy atom. The number of methoxy groups -OCH3 is 1. The van der Waals surface area contributed by atoms with Gasteiger partial charge in [-0.05, 0) is 48.7 Å². The van der Waals surface area contributed by atoms with E-state index in [-0.39, 0.29) is 11.7 Å². The molecule has 34 heavy (non-hydrogen) atoms. The SMILES string of the molecule is COc1ccc(CNc2nnc(N3CCC4(CC3)CC(O)CO4)c3ccc(C#N)cc23)cc1Cl. The van der Waals surface area contributed by atoms with Crippen molar-refractivity contribution < 1.29 is 14.6 Å². The molecule has 2 aliphatic heterocycles. The second kappa shape index (κ2) is 9.26. The Kier molecular flexibility index (Phi) is 6.17. The summed E-state index contributed by atoms with van der Waals surface area (Å²) in [4.78, 5) is 2.22. The summed E-state index contributed by atoms with van der Waals surface area (Å²) in [6, 6.07) is 13.4. The van der Waals surface area contributed by atoms with E-state index in [1.807, 2.05) is 36.4 Å². The second-order valence-corrected chi connectivity index (χ2v) is 9.31. The molecule has 2 N–H and O–H groups in total. The number of aliphatic hydroxyl groups excluding tert-OH is 1. The van der Waals surface area contributed by atoms with Crippen molar-refractivity contribution >= 4 is 34.0 Å². The Morgan fingerprint density at radius 2 is 2.06 bits per heavy atom. The largest absolute Gasteiger partial charge is 0.495 e. The van der Waals surface area contributed by atoms with Gasteiger partial charge in [0.25, 0.3) is 0 Å². The molecule has 2 saturated heterocycles. The van der Waals surface area contributed by atoms with Crippen molar-refractivity contribution in [1.29, 1.82) is 5.26 Å². The van der Waals surface area contributed by atoms with E-state index < -0.39 is 0 Å². The van der Waals surface area contributed by atoms with Crippen LogP contribution in [-0.4, -0.2) is 53.8 Å². The van der Waals surface area contributed by atoms with E-state index in [1.54, 1.807) is 7.11 Å². The summed E-state index contributed by atoms with van der Waals surface area (Å²) in [7, 11) is 1.58. The monoisotopic (exact) mass is 479 g/mol. The molecule has 2 fully saturated rings. The van der Waals surface area contributed by atoms with E-state index in [2.05, 4.69) is 26.5 Å². The first-order chi connectivity index (χ1) is 16.5. The Hall–Kier alpha value is -3.12. The summed E-state index contributed by atoms with van der Waals surface area (Å²) >= 11 is 6.26. The molecule has 2 aliphatic rings. The molecule has 2 aromatic carbocycles. The van der Waals surface area contributed by atoms with Crippen LogP contribution in [-0.2, 0) is 11.3 Å². The van der Waals surface area contributed by atoms with Gasteiger partial charge in [0.1, 0.15) is 5.75 Å². The number of nitriles is 1. The zero-order chi connectivity index (χ0) is 23.7. The number of hydrogen-bond donors (Lipinski definition) is 2. The summed E-state index contributed by atoms with van der Waals surface area (Å²) in [5.74, 6) is 2.03. The quantitative estimate of drug-likeness (QED) is 0.568. The molecule has 1 aromatic heterocycles. The minimum atomic E-state index is -0.373. The van der Waals surface area contributed by atoms with Gasteiger partial charge in [0, 0.05) is 36.8 Å². The molecular formula is C25H26ClN5O3. The highest BCUT2D eigenvalue weighted by Gasteiger charge is 2.42. The first-order valence-corrected chi connectivity index (χ1v) is 11.7. The summed E-state index contributed by atoms with van der Waals surface area (Å²) < 4.78 is 11.2. The van der Waals surface area contributed by atoms with Crippen LogP contribution in [0.1, 0.15) is 30.4 Å². The number of nitrogens with one attached hydrogen (secondary N) is 1. The molecule has 0 aliphatic carbocycles. The number of nitrogens with zero attached hydrogens (tertiary/aromatic N) is 4. The van der Waals surface area contributed by atoms with Crippen LogP contribution in [0.25, 0.3) is 10.8 Å². The predicted molar refractivity (Wildman–Crippen MR) is 130 cm³/mol. The standard InChI is InChI=1S/C25H26ClN5O3/c1-33-22-5-3-17(11-21(22)26)14-28-23-20-10-16(13-27)2-4-19(20)24(30-29-23)31-8-6-25(7-9-31)12-18(32)15-34-25/h2-5,10-11,18,32H,6-9,12,14-15H2,1H3,(H,28,29). The van der Waals surface area contributed by atoms with E-state index in [0.29, 0.717) is 41.7 Å². The number of hydrogen-bond acceptors (Lipinski definition) is 8. The molecule has 9 heteroatoms. The van der Waals surface area contributed by atoms with Crippen molar-refractivity contribution in [2.45, 2.75) is 37.5 Å². The van der Waals surface area contributed by atoms with Crippen LogP contribution >= 0.6 is 11.6 Å². The van der Waals surface area contributed by atoms with Gasteiger partial charge in [-0.1, -0.05) is 17.7 Å². The van der Waals surface area contributed by atoms with Gasteiger partial charge >= 0.3 is 0 Å². The lowest BCUT2D eigenvalue weighted by molar-refractivity contribution is -0.0167. The lowest BCUT2D eigenvalue weighted by atomic mass is 9.88. The van der Waals surface area contributed by atoms with E-state index in [1.165, 1.54) is 0 Å². The Balaban J connectivity index is 1.40. The first-order valence-electron chi connectivity index (χ1n) is 11.3. The number of aliphatic hydroxyl groups is 1. The van der Waals surface area contributed by atoms with Crippen LogP contribution in [0.2, 0.25) is 5.02 Å². The third-order valence-electron chi connectivity index (χ3n) is 6.73. The average Bonchev–Trinajstić information content (AvgIpc) is 3.22. The highest BCUT2D eigenvalue weighted by Crippen LogP contribution is 2.38. The number of rotatable bonds is 5. The normalized spacial score (nSPS) is 19.4.